The second-order valence-corrected chi connectivity index (χ2v) is 5.38. The molecule has 1 unspecified atom stereocenters. The molecule has 4 heteroatoms. The Morgan fingerprint density at radius 3 is 2.60 bits per heavy atom. The minimum absolute atomic E-state index is 0.0474. The van der Waals surface area contributed by atoms with E-state index in [1.165, 1.54) is 18.2 Å². The third-order valence-electron chi connectivity index (χ3n) is 3.16. The van der Waals surface area contributed by atoms with Crippen molar-refractivity contribution in [3.63, 3.8) is 0 Å². The minimum atomic E-state index is -0.281. The Balaban J connectivity index is 2.28. The number of nitrogens with one attached hydrogen (secondary N) is 1. The van der Waals surface area contributed by atoms with Gasteiger partial charge in [-0.25, -0.2) is 8.78 Å². The standard InChI is InChI=1S/C16H16BrF2N/c1-2-20-15(11-5-3-7-13(18)9-11)10-12-6-4-8-14(19)16(12)17/h3-9,15,20H,2,10H2,1H3. The molecular formula is C16H16BrF2N. The Hall–Kier alpha value is -1.26. The van der Waals surface area contributed by atoms with Crippen LogP contribution in [0.25, 0.3) is 0 Å². The van der Waals surface area contributed by atoms with Gasteiger partial charge in [0.1, 0.15) is 11.6 Å². The molecule has 0 bridgehead atoms. The monoisotopic (exact) mass is 339 g/mol. The first-order chi connectivity index (χ1) is 9.61. The Bertz CT molecular complexity index is 586. The summed E-state index contributed by atoms with van der Waals surface area (Å²) in [7, 11) is 0. The van der Waals surface area contributed by atoms with Gasteiger partial charge in [-0.05, 0) is 58.2 Å². The zero-order valence-electron chi connectivity index (χ0n) is 11.2. The fraction of sp³-hybridized carbons (Fsp3) is 0.250. The molecule has 0 saturated carbocycles. The summed E-state index contributed by atoms with van der Waals surface area (Å²) in [6.07, 6.45) is 0.593. The first-order valence-corrected chi connectivity index (χ1v) is 7.33. The third kappa shape index (κ3) is 3.64. The molecule has 0 fully saturated rings. The van der Waals surface area contributed by atoms with Gasteiger partial charge in [-0.1, -0.05) is 31.2 Å². The fourth-order valence-electron chi connectivity index (χ4n) is 2.20. The smallest absolute Gasteiger partial charge is 0.137 e. The molecule has 0 aromatic heterocycles. The van der Waals surface area contributed by atoms with Gasteiger partial charge in [0.25, 0.3) is 0 Å². The topological polar surface area (TPSA) is 12.0 Å². The van der Waals surface area contributed by atoms with Crippen LogP contribution in [0.3, 0.4) is 0 Å². The number of halogens is 3. The molecule has 0 heterocycles. The van der Waals surface area contributed by atoms with Crippen molar-refractivity contribution in [3.8, 4) is 0 Å². The van der Waals surface area contributed by atoms with Crippen LogP contribution in [0.1, 0.15) is 24.1 Å². The van der Waals surface area contributed by atoms with Crippen molar-refractivity contribution >= 4 is 15.9 Å². The highest BCUT2D eigenvalue weighted by molar-refractivity contribution is 9.10. The first-order valence-electron chi connectivity index (χ1n) is 6.53. The largest absolute Gasteiger partial charge is 0.310 e. The average Bonchev–Trinajstić information content (AvgIpc) is 2.43. The van der Waals surface area contributed by atoms with Crippen molar-refractivity contribution in [2.45, 2.75) is 19.4 Å². The normalized spacial score (nSPS) is 12.4. The van der Waals surface area contributed by atoms with E-state index in [2.05, 4.69) is 21.2 Å². The number of hydrogen-bond acceptors (Lipinski definition) is 1. The highest BCUT2D eigenvalue weighted by atomic mass is 79.9. The van der Waals surface area contributed by atoms with Crippen LogP contribution in [0.4, 0.5) is 8.78 Å². The van der Waals surface area contributed by atoms with E-state index in [9.17, 15) is 8.78 Å². The molecule has 0 spiro atoms. The number of hydrogen-bond donors (Lipinski definition) is 1. The Labute approximate surface area is 126 Å². The van der Waals surface area contributed by atoms with Crippen LogP contribution in [-0.4, -0.2) is 6.54 Å². The summed E-state index contributed by atoms with van der Waals surface area (Å²) in [4.78, 5) is 0. The SMILES string of the molecule is CCNC(Cc1cccc(F)c1Br)c1cccc(F)c1. The lowest BCUT2D eigenvalue weighted by Crippen LogP contribution is -2.23. The molecule has 2 aromatic carbocycles. The minimum Gasteiger partial charge on any atom is -0.310 e. The van der Waals surface area contributed by atoms with E-state index < -0.39 is 0 Å². The molecular weight excluding hydrogens is 324 g/mol. The van der Waals surface area contributed by atoms with E-state index in [0.717, 1.165) is 17.7 Å². The van der Waals surface area contributed by atoms with Gasteiger partial charge in [0.2, 0.25) is 0 Å². The molecule has 106 valence electrons. The second kappa shape index (κ2) is 6.95. The van der Waals surface area contributed by atoms with Gasteiger partial charge >= 0.3 is 0 Å². The van der Waals surface area contributed by atoms with Gasteiger partial charge in [-0.3, -0.25) is 0 Å². The van der Waals surface area contributed by atoms with E-state index >= 15 is 0 Å². The number of benzene rings is 2. The van der Waals surface area contributed by atoms with E-state index in [-0.39, 0.29) is 17.7 Å². The molecule has 0 radical (unpaired) electrons. The number of likely N-dealkylation sites (N-methyl/N-ethyl adjacent to an activating group) is 1. The lowest BCUT2D eigenvalue weighted by molar-refractivity contribution is 0.538. The Morgan fingerprint density at radius 1 is 1.15 bits per heavy atom. The molecule has 0 aliphatic rings. The van der Waals surface area contributed by atoms with Crippen LogP contribution in [0.15, 0.2) is 46.9 Å². The summed E-state index contributed by atoms with van der Waals surface area (Å²) in [6, 6.07) is 11.4. The van der Waals surface area contributed by atoms with Crippen molar-refractivity contribution in [1.82, 2.24) is 5.32 Å². The van der Waals surface area contributed by atoms with Crippen LogP contribution in [-0.2, 0) is 6.42 Å². The van der Waals surface area contributed by atoms with Crippen LogP contribution in [0, 0.1) is 11.6 Å². The Morgan fingerprint density at radius 2 is 1.90 bits per heavy atom. The summed E-state index contributed by atoms with van der Waals surface area (Å²) < 4.78 is 27.4. The van der Waals surface area contributed by atoms with Crippen LogP contribution >= 0.6 is 15.9 Å². The molecule has 2 aromatic rings. The van der Waals surface area contributed by atoms with Crippen molar-refractivity contribution in [2.24, 2.45) is 0 Å². The van der Waals surface area contributed by atoms with Gasteiger partial charge in [0, 0.05) is 6.04 Å². The molecule has 0 aliphatic heterocycles. The number of rotatable bonds is 5. The lowest BCUT2D eigenvalue weighted by atomic mass is 9.98. The van der Waals surface area contributed by atoms with Gasteiger partial charge in [-0.2, -0.15) is 0 Å². The predicted molar refractivity (Wildman–Crippen MR) is 80.6 cm³/mol. The average molecular weight is 340 g/mol. The van der Waals surface area contributed by atoms with E-state index in [0.29, 0.717) is 10.9 Å². The zero-order chi connectivity index (χ0) is 14.5. The fourth-order valence-corrected chi connectivity index (χ4v) is 2.63. The Kier molecular flexibility index (Phi) is 5.26. The van der Waals surface area contributed by atoms with Crippen LogP contribution < -0.4 is 5.32 Å². The van der Waals surface area contributed by atoms with Crippen molar-refractivity contribution in [1.29, 1.82) is 0 Å². The quantitative estimate of drug-likeness (QED) is 0.837. The molecule has 1 atom stereocenters. The maximum Gasteiger partial charge on any atom is 0.137 e. The second-order valence-electron chi connectivity index (χ2n) is 4.58. The predicted octanol–water partition coefficient (Wildman–Crippen LogP) is 4.62. The summed E-state index contributed by atoms with van der Waals surface area (Å²) in [5.74, 6) is -0.541. The zero-order valence-corrected chi connectivity index (χ0v) is 12.8. The molecule has 2 rings (SSSR count). The van der Waals surface area contributed by atoms with Crippen molar-refractivity contribution < 1.29 is 8.78 Å². The highest BCUT2D eigenvalue weighted by Crippen LogP contribution is 2.26. The van der Waals surface area contributed by atoms with Crippen LogP contribution in [0.5, 0.6) is 0 Å². The molecule has 1 N–H and O–H groups in total. The third-order valence-corrected chi connectivity index (χ3v) is 4.05. The summed E-state index contributed by atoms with van der Waals surface area (Å²) in [5.41, 5.74) is 1.73. The van der Waals surface area contributed by atoms with Crippen molar-refractivity contribution in [2.75, 3.05) is 6.54 Å². The summed E-state index contributed by atoms with van der Waals surface area (Å²) in [5, 5.41) is 3.31. The van der Waals surface area contributed by atoms with E-state index in [1.54, 1.807) is 12.1 Å². The van der Waals surface area contributed by atoms with Gasteiger partial charge in [0.05, 0.1) is 4.47 Å². The van der Waals surface area contributed by atoms with Gasteiger partial charge in [0.15, 0.2) is 0 Å². The summed E-state index contributed by atoms with van der Waals surface area (Å²) in [6.45, 7) is 2.75. The first kappa shape index (κ1) is 15.1. The molecule has 1 nitrogen and oxygen atoms in total. The maximum absolute atomic E-state index is 13.6. The summed E-state index contributed by atoms with van der Waals surface area (Å²) >= 11 is 3.27. The van der Waals surface area contributed by atoms with Gasteiger partial charge < -0.3 is 5.32 Å². The van der Waals surface area contributed by atoms with Crippen molar-refractivity contribution in [3.05, 3.63) is 69.7 Å². The molecule has 0 amide bonds. The lowest BCUT2D eigenvalue weighted by Gasteiger charge is -2.19. The molecule has 0 aliphatic carbocycles. The maximum atomic E-state index is 13.6. The van der Waals surface area contributed by atoms with Crippen LogP contribution in [0.2, 0.25) is 0 Å². The molecule has 20 heavy (non-hydrogen) atoms. The molecule has 0 saturated heterocycles. The van der Waals surface area contributed by atoms with Gasteiger partial charge in [-0.15, -0.1) is 0 Å². The van der Waals surface area contributed by atoms with E-state index in [1.807, 2.05) is 19.1 Å². The highest BCUT2D eigenvalue weighted by Gasteiger charge is 2.15. The van der Waals surface area contributed by atoms with E-state index in [4.69, 9.17) is 0 Å².